The first-order valence-electron chi connectivity index (χ1n) is 5.31. The quantitative estimate of drug-likeness (QED) is 0.843. The average molecular weight is 288 g/mol. The Balaban J connectivity index is 2.46. The van der Waals surface area contributed by atoms with Gasteiger partial charge in [-0.15, -0.1) is 0 Å². The van der Waals surface area contributed by atoms with Crippen LogP contribution in [0.1, 0.15) is 12.5 Å². The molecule has 1 aromatic rings. The summed E-state index contributed by atoms with van der Waals surface area (Å²) in [5, 5.41) is 12.2. The molecule has 0 radical (unpaired) electrons. The van der Waals surface area contributed by atoms with Crippen molar-refractivity contribution in [1.29, 1.82) is 0 Å². The van der Waals surface area contributed by atoms with Gasteiger partial charge in [-0.3, -0.25) is 0 Å². The first-order valence-corrected chi connectivity index (χ1v) is 6.10. The minimum Gasteiger partial charge on any atom is -0.496 e. The Bertz CT molecular complexity index is 331. The Hall–Kier alpha value is -0.580. The Labute approximate surface area is 105 Å². The molecule has 0 fully saturated rings. The van der Waals surface area contributed by atoms with Crippen LogP contribution < -0.4 is 10.1 Å². The first-order chi connectivity index (χ1) is 7.67. The van der Waals surface area contributed by atoms with E-state index in [0.717, 1.165) is 23.3 Å². The number of benzene rings is 1. The minimum atomic E-state index is 0.222. The molecular formula is C12H18BrNO2. The molecule has 1 unspecified atom stereocenters. The van der Waals surface area contributed by atoms with Gasteiger partial charge >= 0.3 is 0 Å². The van der Waals surface area contributed by atoms with Crippen LogP contribution in [-0.4, -0.2) is 25.4 Å². The van der Waals surface area contributed by atoms with Crippen molar-refractivity contribution in [1.82, 2.24) is 5.32 Å². The summed E-state index contributed by atoms with van der Waals surface area (Å²) in [6, 6.07) is 6.01. The zero-order valence-electron chi connectivity index (χ0n) is 9.66. The summed E-state index contributed by atoms with van der Waals surface area (Å²) >= 11 is 3.45. The van der Waals surface area contributed by atoms with Gasteiger partial charge in [0.05, 0.1) is 11.6 Å². The number of aliphatic hydroxyl groups excluding tert-OH is 1. The van der Waals surface area contributed by atoms with Crippen LogP contribution in [0.25, 0.3) is 0 Å². The number of rotatable bonds is 6. The third kappa shape index (κ3) is 4.12. The number of aliphatic hydroxyl groups is 1. The average Bonchev–Trinajstić information content (AvgIpc) is 2.29. The number of ether oxygens (including phenoxy) is 1. The van der Waals surface area contributed by atoms with Gasteiger partial charge in [-0.25, -0.2) is 0 Å². The second kappa shape index (κ2) is 6.89. The number of hydrogen-bond acceptors (Lipinski definition) is 3. The van der Waals surface area contributed by atoms with Gasteiger partial charge in [0.15, 0.2) is 0 Å². The molecular weight excluding hydrogens is 270 g/mol. The van der Waals surface area contributed by atoms with Gasteiger partial charge in [-0.05, 0) is 39.5 Å². The van der Waals surface area contributed by atoms with E-state index >= 15 is 0 Å². The summed E-state index contributed by atoms with van der Waals surface area (Å²) < 4.78 is 6.12. The topological polar surface area (TPSA) is 41.5 Å². The predicted molar refractivity (Wildman–Crippen MR) is 68.7 cm³/mol. The number of halogens is 1. The SMILES string of the molecule is COc1ccc(CNCC(C)CO)cc1Br. The van der Waals surface area contributed by atoms with Gasteiger partial charge in [0.25, 0.3) is 0 Å². The van der Waals surface area contributed by atoms with Crippen molar-refractivity contribution < 1.29 is 9.84 Å². The molecule has 0 aliphatic rings. The third-order valence-electron chi connectivity index (χ3n) is 2.35. The smallest absolute Gasteiger partial charge is 0.133 e. The van der Waals surface area contributed by atoms with Crippen molar-refractivity contribution in [2.75, 3.05) is 20.3 Å². The highest BCUT2D eigenvalue weighted by Gasteiger charge is 2.02. The van der Waals surface area contributed by atoms with Crippen molar-refractivity contribution in [2.45, 2.75) is 13.5 Å². The van der Waals surface area contributed by atoms with Gasteiger partial charge in [0.1, 0.15) is 5.75 Å². The van der Waals surface area contributed by atoms with Crippen LogP contribution in [0.15, 0.2) is 22.7 Å². The van der Waals surface area contributed by atoms with Gasteiger partial charge in [0, 0.05) is 19.7 Å². The molecule has 0 aliphatic heterocycles. The molecule has 0 amide bonds. The van der Waals surface area contributed by atoms with E-state index in [0.29, 0.717) is 5.92 Å². The highest BCUT2D eigenvalue weighted by atomic mass is 79.9. The van der Waals surface area contributed by atoms with Crippen molar-refractivity contribution in [3.05, 3.63) is 28.2 Å². The lowest BCUT2D eigenvalue weighted by molar-refractivity contribution is 0.233. The molecule has 0 saturated carbocycles. The van der Waals surface area contributed by atoms with Gasteiger partial charge in [0.2, 0.25) is 0 Å². The fourth-order valence-corrected chi connectivity index (χ4v) is 1.94. The Kier molecular flexibility index (Phi) is 5.80. The maximum Gasteiger partial charge on any atom is 0.133 e. The van der Waals surface area contributed by atoms with E-state index in [9.17, 15) is 0 Å². The van der Waals surface area contributed by atoms with Crippen LogP contribution >= 0.6 is 15.9 Å². The van der Waals surface area contributed by atoms with E-state index in [2.05, 4.69) is 21.2 Å². The zero-order chi connectivity index (χ0) is 12.0. The molecule has 0 aliphatic carbocycles. The van der Waals surface area contributed by atoms with Crippen LogP contribution in [0.3, 0.4) is 0 Å². The molecule has 16 heavy (non-hydrogen) atoms. The maximum atomic E-state index is 8.88. The number of nitrogens with one attached hydrogen (secondary N) is 1. The van der Waals surface area contributed by atoms with E-state index in [1.54, 1.807) is 7.11 Å². The molecule has 1 rings (SSSR count). The fourth-order valence-electron chi connectivity index (χ4n) is 1.35. The monoisotopic (exact) mass is 287 g/mol. The largest absolute Gasteiger partial charge is 0.496 e. The molecule has 0 aromatic heterocycles. The molecule has 1 aromatic carbocycles. The van der Waals surface area contributed by atoms with Crippen molar-refractivity contribution in [3.8, 4) is 5.75 Å². The molecule has 90 valence electrons. The van der Waals surface area contributed by atoms with Gasteiger partial charge < -0.3 is 15.2 Å². The van der Waals surface area contributed by atoms with Crippen LogP contribution in [-0.2, 0) is 6.54 Å². The van der Waals surface area contributed by atoms with Gasteiger partial charge in [-0.2, -0.15) is 0 Å². The molecule has 4 heteroatoms. The Morgan fingerprint density at radius 2 is 2.25 bits per heavy atom. The van der Waals surface area contributed by atoms with Crippen LogP contribution in [0.2, 0.25) is 0 Å². The maximum absolute atomic E-state index is 8.88. The van der Waals surface area contributed by atoms with E-state index in [4.69, 9.17) is 9.84 Å². The molecule has 0 spiro atoms. The summed E-state index contributed by atoms with van der Waals surface area (Å²) in [7, 11) is 1.65. The first kappa shape index (κ1) is 13.5. The predicted octanol–water partition coefficient (Wildman–Crippen LogP) is 2.18. The van der Waals surface area contributed by atoms with E-state index in [1.807, 2.05) is 25.1 Å². The lowest BCUT2D eigenvalue weighted by Crippen LogP contribution is -2.22. The lowest BCUT2D eigenvalue weighted by Gasteiger charge is -2.10. The van der Waals surface area contributed by atoms with Crippen LogP contribution in [0.5, 0.6) is 5.75 Å². The highest BCUT2D eigenvalue weighted by Crippen LogP contribution is 2.25. The van der Waals surface area contributed by atoms with E-state index in [1.165, 1.54) is 5.56 Å². The lowest BCUT2D eigenvalue weighted by atomic mass is 10.2. The van der Waals surface area contributed by atoms with Crippen molar-refractivity contribution in [2.24, 2.45) is 5.92 Å². The van der Waals surface area contributed by atoms with Gasteiger partial charge in [-0.1, -0.05) is 13.0 Å². The number of hydrogen-bond donors (Lipinski definition) is 2. The molecule has 3 nitrogen and oxygen atoms in total. The molecule has 1 atom stereocenters. The molecule has 0 saturated heterocycles. The second-order valence-corrected chi connectivity index (χ2v) is 4.74. The van der Waals surface area contributed by atoms with E-state index in [-0.39, 0.29) is 6.61 Å². The Morgan fingerprint density at radius 1 is 1.50 bits per heavy atom. The van der Waals surface area contributed by atoms with Crippen LogP contribution in [0, 0.1) is 5.92 Å². The third-order valence-corrected chi connectivity index (χ3v) is 2.97. The van der Waals surface area contributed by atoms with Crippen molar-refractivity contribution >= 4 is 15.9 Å². The van der Waals surface area contributed by atoms with Crippen molar-refractivity contribution in [3.63, 3.8) is 0 Å². The highest BCUT2D eigenvalue weighted by molar-refractivity contribution is 9.10. The van der Waals surface area contributed by atoms with E-state index < -0.39 is 0 Å². The molecule has 0 heterocycles. The standard InChI is InChI=1S/C12H18BrNO2/c1-9(8-15)6-14-7-10-3-4-12(16-2)11(13)5-10/h3-5,9,14-15H,6-8H2,1-2H3. The fraction of sp³-hybridized carbons (Fsp3) is 0.500. The summed E-state index contributed by atoms with van der Waals surface area (Å²) in [5.41, 5.74) is 1.19. The van der Waals surface area contributed by atoms with Crippen LogP contribution in [0.4, 0.5) is 0 Å². The normalized spacial score (nSPS) is 12.5. The minimum absolute atomic E-state index is 0.222. The molecule has 0 bridgehead atoms. The second-order valence-electron chi connectivity index (χ2n) is 3.89. The summed E-state index contributed by atoms with van der Waals surface area (Å²) in [4.78, 5) is 0. The summed E-state index contributed by atoms with van der Waals surface area (Å²) in [5.74, 6) is 1.13. The summed E-state index contributed by atoms with van der Waals surface area (Å²) in [6.45, 7) is 3.85. The summed E-state index contributed by atoms with van der Waals surface area (Å²) in [6.07, 6.45) is 0. The molecule has 2 N–H and O–H groups in total. The zero-order valence-corrected chi connectivity index (χ0v) is 11.3. The number of methoxy groups -OCH3 is 1. The Morgan fingerprint density at radius 3 is 2.81 bits per heavy atom.